The summed E-state index contributed by atoms with van der Waals surface area (Å²) in [5, 5.41) is 7.10. The van der Waals surface area contributed by atoms with Gasteiger partial charge in [0.15, 0.2) is 0 Å². The zero-order valence-corrected chi connectivity index (χ0v) is 12.3. The number of anilines is 1. The van der Waals surface area contributed by atoms with Crippen molar-refractivity contribution in [3.63, 3.8) is 0 Å². The molecule has 6 heteroatoms. The molecule has 0 radical (unpaired) electrons. The van der Waals surface area contributed by atoms with Gasteiger partial charge in [0.05, 0.1) is 17.1 Å². The van der Waals surface area contributed by atoms with Gasteiger partial charge in [0.25, 0.3) is 5.91 Å². The van der Waals surface area contributed by atoms with Crippen LogP contribution in [0.25, 0.3) is 0 Å². The molecule has 0 bridgehead atoms. The number of thiophene rings is 1. The number of amides is 2. The molecule has 0 unspecified atom stereocenters. The van der Waals surface area contributed by atoms with Crippen molar-refractivity contribution in [3.05, 3.63) is 51.1 Å². The second-order valence-electron chi connectivity index (χ2n) is 3.69. The molecule has 1 heterocycles. The van der Waals surface area contributed by atoms with Crippen molar-refractivity contribution in [1.82, 2.24) is 5.32 Å². The summed E-state index contributed by atoms with van der Waals surface area (Å²) < 4.78 is 0.799. The lowest BCUT2D eigenvalue weighted by Gasteiger charge is -2.07. The van der Waals surface area contributed by atoms with E-state index in [-0.39, 0.29) is 18.4 Å². The first-order valence-corrected chi connectivity index (χ1v) is 7.20. The molecule has 98 valence electrons. The Morgan fingerprint density at radius 2 is 1.95 bits per heavy atom. The number of para-hydroxylation sites is 1. The Labute approximate surface area is 123 Å². The van der Waals surface area contributed by atoms with E-state index in [9.17, 15) is 9.59 Å². The first kappa shape index (κ1) is 13.8. The van der Waals surface area contributed by atoms with Gasteiger partial charge in [0.2, 0.25) is 5.91 Å². The van der Waals surface area contributed by atoms with Crippen LogP contribution in [0.4, 0.5) is 5.69 Å². The minimum Gasteiger partial charge on any atom is -0.342 e. The van der Waals surface area contributed by atoms with Crippen LogP contribution in [0.1, 0.15) is 9.67 Å². The second-order valence-corrected chi connectivity index (χ2v) is 5.49. The van der Waals surface area contributed by atoms with Crippen LogP contribution < -0.4 is 10.6 Å². The Bertz CT molecular complexity index is 584. The third-order valence-electron chi connectivity index (χ3n) is 2.30. The van der Waals surface area contributed by atoms with Gasteiger partial charge in [-0.25, -0.2) is 0 Å². The molecule has 2 N–H and O–H groups in total. The molecule has 0 fully saturated rings. The Balaban J connectivity index is 1.86. The average molecular weight is 339 g/mol. The van der Waals surface area contributed by atoms with Crippen LogP contribution in [0, 0.1) is 0 Å². The van der Waals surface area contributed by atoms with E-state index in [1.807, 2.05) is 23.6 Å². The molecule has 0 aliphatic rings. The summed E-state index contributed by atoms with van der Waals surface area (Å²) in [7, 11) is 0. The van der Waals surface area contributed by atoms with E-state index in [2.05, 4.69) is 26.6 Å². The Hall–Kier alpha value is -1.66. The molecule has 0 saturated heterocycles. The fraction of sp³-hybridized carbons (Fsp3) is 0.0769. The number of hydrogen-bond acceptors (Lipinski definition) is 3. The SMILES string of the molecule is O=C(CNC(=O)c1cccs1)Nc1ccccc1Br. The van der Waals surface area contributed by atoms with E-state index in [1.165, 1.54) is 11.3 Å². The van der Waals surface area contributed by atoms with Crippen LogP contribution in [0.3, 0.4) is 0 Å². The molecule has 0 spiro atoms. The number of carbonyl (C=O) groups excluding carboxylic acids is 2. The first-order valence-electron chi connectivity index (χ1n) is 5.53. The van der Waals surface area contributed by atoms with Gasteiger partial charge < -0.3 is 10.6 Å². The third kappa shape index (κ3) is 3.90. The summed E-state index contributed by atoms with van der Waals surface area (Å²) in [5.74, 6) is -0.505. The number of carbonyl (C=O) groups is 2. The lowest BCUT2D eigenvalue weighted by Crippen LogP contribution is -2.32. The van der Waals surface area contributed by atoms with Crippen molar-refractivity contribution in [2.45, 2.75) is 0 Å². The summed E-state index contributed by atoms with van der Waals surface area (Å²) in [4.78, 5) is 23.9. The molecule has 19 heavy (non-hydrogen) atoms. The second kappa shape index (κ2) is 6.49. The van der Waals surface area contributed by atoms with Crippen molar-refractivity contribution in [1.29, 1.82) is 0 Å². The van der Waals surface area contributed by atoms with Crippen LogP contribution in [-0.4, -0.2) is 18.4 Å². The molecule has 2 aromatic rings. The van der Waals surface area contributed by atoms with Crippen molar-refractivity contribution in [2.24, 2.45) is 0 Å². The quantitative estimate of drug-likeness (QED) is 0.900. The Morgan fingerprint density at radius 1 is 1.16 bits per heavy atom. The molecule has 0 aliphatic carbocycles. The summed E-state index contributed by atoms with van der Waals surface area (Å²) in [6, 6.07) is 10.8. The zero-order chi connectivity index (χ0) is 13.7. The summed E-state index contributed by atoms with van der Waals surface area (Å²) in [6.45, 7) is -0.0575. The number of rotatable bonds is 4. The van der Waals surface area contributed by atoms with Crippen molar-refractivity contribution < 1.29 is 9.59 Å². The van der Waals surface area contributed by atoms with Crippen LogP contribution in [0.15, 0.2) is 46.3 Å². The van der Waals surface area contributed by atoms with E-state index < -0.39 is 0 Å². The van der Waals surface area contributed by atoms with Crippen LogP contribution in [0.5, 0.6) is 0 Å². The van der Waals surface area contributed by atoms with Gasteiger partial charge in [0.1, 0.15) is 0 Å². The summed E-state index contributed by atoms with van der Waals surface area (Å²) >= 11 is 4.67. The molecule has 2 amide bonds. The maximum Gasteiger partial charge on any atom is 0.261 e. The highest BCUT2D eigenvalue weighted by atomic mass is 79.9. The smallest absolute Gasteiger partial charge is 0.261 e. The normalized spacial score (nSPS) is 9.95. The highest BCUT2D eigenvalue weighted by molar-refractivity contribution is 9.10. The molecule has 1 aromatic carbocycles. The predicted octanol–water partition coefficient (Wildman–Crippen LogP) is 2.88. The molecule has 4 nitrogen and oxygen atoms in total. The number of nitrogens with one attached hydrogen (secondary N) is 2. The highest BCUT2D eigenvalue weighted by Crippen LogP contribution is 2.20. The first-order chi connectivity index (χ1) is 9.16. The minimum atomic E-state index is -0.267. The van der Waals surface area contributed by atoms with E-state index in [0.29, 0.717) is 10.6 Å². The van der Waals surface area contributed by atoms with Gasteiger partial charge in [-0.2, -0.15) is 0 Å². The maximum atomic E-state index is 11.7. The predicted molar refractivity (Wildman–Crippen MR) is 79.4 cm³/mol. The lowest BCUT2D eigenvalue weighted by molar-refractivity contribution is -0.115. The van der Waals surface area contributed by atoms with E-state index >= 15 is 0 Å². The van der Waals surface area contributed by atoms with Gasteiger partial charge in [-0.05, 0) is 39.5 Å². The number of hydrogen-bond donors (Lipinski definition) is 2. The van der Waals surface area contributed by atoms with Gasteiger partial charge in [-0.1, -0.05) is 18.2 Å². The van der Waals surface area contributed by atoms with E-state index in [1.54, 1.807) is 18.2 Å². The fourth-order valence-electron chi connectivity index (χ4n) is 1.41. The van der Waals surface area contributed by atoms with E-state index in [0.717, 1.165) is 4.47 Å². The molecule has 2 rings (SSSR count). The van der Waals surface area contributed by atoms with Gasteiger partial charge in [-0.3, -0.25) is 9.59 Å². The van der Waals surface area contributed by atoms with Gasteiger partial charge >= 0.3 is 0 Å². The Morgan fingerprint density at radius 3 is 2.63 bits per heavy atom. The van der Waals surface area contributed by atoms with Gasteiger partial charge in [0, 0.05) is 4.47 Å². The lowest BCUT2D eigenvalue weighted by atomic mass is 10.3. The third-order valence-corrected chi connectivity index (χ3v) is 3.86. The van der Waals surface area contributed by atoms with E-state index in [4.69, 9.17) is 0 Å². The monoisotopic (exact) mass is 338 g/mol. The summed E-state index contributed by atoms with van der Waals surface area (Å²) in [5.41, 5.74) is 0.679. The minimum absolute atomic E-state index is 0.0575. The van der Waals surface area contributed by atoms with Crippen LogP contribution in [0.2, 0.25) is 0 Å². The maximum absolute atomic E-state index is 11.7. The molecule has 1 aromatic heterocycles. The van der Waals surface area contributed by atoms with Crippen LogP contribution >= 0.6 is 27.3 Å². The van der Waals surface area contributed by atoms with Crippen molar-refractivity contribution in [2.75, 3.05) is 11.9 Å². The zero-order valence-electron chi connectivity index (χ0n) is 9.85. The summed E-state index contributed by atoms with van der Waals surface area (Å²) in [6.07, 6.45) is 0. The van der Waals surface area contributed by atoms with Gasteiger partial charge in [-0.15, -0.1) is 11.3 Å². The Kier molecular flexibility index (Phi) is 4.70. The van der Waals surface area contributed by atoms with Crippen molar-refractivity contribution in [3.8, 4) is 0 Å². The molecular formula is C13H11BrN2O2S. The number of benzene rings is 1. The molecule has 0 aliphatic heterocycles. The molecular weight excluding hydrogens is 328 g/mol. The standard InChI is InChI=1S/C13H11BrN2O2S/c14-9-4-1-2-5-10(9)16-12(17)8-15-13(18)11-6-3-7-19-11/h1-7H,8H2,(H,15,18)(H,16,17). The topological polar surface area (TPSA) is 58.2 Å². The average Bonchev–Trinajstić information content (AvgIpc) is 2.93. The largest absolute Gasteiger partial charge is 0.342 e. The van der Waals surface area contributed by atoms with Crippen LogP contribution in [-0.2, 0) is 4.79 Å². The molecule has 0 atom stereocenters. The molecule has 0 saturated carbocycles. The number of halogens is 1. The van der Waals surface area contributed by atoms with Crippen molar-refractivity contribution >= 4 is 44.8 Å². The highest BCUT2D eigenvalue weighted by Gasteiger charge is 2.09. The fourth-order valence-corrected chi connectivity index (χ4v) is 2.44.